The van der Waals surface area contributed by atoms with Crippen molar-refractivity contribution in [1.82, 2.24) is 20.2 Å². The number of benzene rings is 2. The van der Waals surface area contributed by atoms with E-state index in [1.807, 2.05) is 11.4 Å². The summed E-state index contributed by atoms with van der Waals surface area (Å²) in [7, 11) is 1.29. The van der Waals surface area contributed by atoms with Gasteiger partial charge in [0, 0.05) is 13.5 Å². The Kier molecular flexibility index (Phi) is 6.46. The van der Waals surface area contributed by atoms with Gasteiger partial charge in [-0.3, -0.25) is 14.2 Å². The summed E-state index contributed by atoms with van der Waals surface area (Å²) in [5.74, 6) is -2.89. The molecule has 0 unspecified atom stereocenters. The SMILES string of the molecule is [2H]C([2H])(NC(=O)c1nc(C(C)(C)NC(=O)OCc2ccccc2)n(C)c(=O)c1O)c1ccc(F)cc1. The first-order valence-corrected chi connectivity index (χ1v) is 10.2. The summed E-state index contributed by atoms with van der Waals surface area (Å²) >= 11 is 0. The van der Waals surface area contributed by atoms with Crippen molar-refractivity contribution in [3.63, 3.8) is 0 Å². The number of ether oxygens (including phenoxy) is 1. The zero-order chi connectivity index (χ0) is 26.7. The second-order valence-corrected chi connectivity index (χ2v) is 7.89. The van der Waals surface area contributed by atoms with E-state index in [1.165, 1.54) is 20.9 Å². The number of carbonyl (C=O) groups excluding carboxylic acids is 2. The van der Waals surface area contributed by atoms with Gasteiger partial charge in [0.2, 0.25) is 5.75 Å². The Morgan fingerprint density at radius 3 is 2.44 bits per heavy atom. The van der Waals surface area contributed by atoms with Crippen LogP contribution in [-0.2, 0) is 30.4 Å². The number of nitrogens with zero attached hydrogens (tertiary/aromatic N) is 2. The van der Waals surface area contributed by atoms with Crippen molar-refractivity contribution in [2.24, 2.45) is 7.05 Å². The lowest BCUT2D eigenvalue weighted by Gasteiger charge is -2.27. The van der Waals surface area contributed by atoms with Gasteiger partial charge in [-0.2, -0.15) is 0 Å². The predicted molar refractivity (Wildman–Crippen MR) is 122 cm³/mol. The van der Waals surface area contributed by atoms with E-state index in [2.05, 4.69) is 10.3 Å². The van der Waals surface area contributed by atoms with Crippen molar-refractivity contribution < 1.29 is 26.6 Å². The van der Waals surface area contributed by atoms with Crippen LogP contribution in [0.15, 0.2) is 59.4 Å². The number of aromatic hydroxyl groups is 1. The van der Waals surface area contributed by atoms with Crippen molar-refractivity contribution in [1.29, 1.82) is 0 Å². The third-order valence-corrected chi connectivity index (χ3v) is 4.83. The molecule has 3 N–H and O–H groups in total. The third kappa shape index (κ3) is 5.77. The van der Waals surface area contributed by atoms with Gasteiger partial charge >= 0.3 is 6.09 Å². The summed E-state index contributed by atoms with van der Waals surface area (Å²) in [6.45, 7) is 0.538. The maximum absolute atomic E-state index is 13.2. The highest BCUT2D eigenvalue weighted by Crippen LogP contribution is 2.20. The van der Waals surface area contributed by atoms with Crippen LogP contribution in [0.2, 0.25) is 0 Å². The Labute approximate surface area is 198 Å². The van der Waals surface area contributed by atoms with Crippen molar-refractivity contribution in [2.45, 2.75) is 32.5 Å². The summed E-state index contributed by atoms with van der Waals surface area (Å²) in [4.78, 5) is 42.0. The van der Waals surface area contributed by atoms with Gasteiger partial charge in [0.1, 0.15) is 18.2 Å². The molecular weight excluding hydrogens is 443 g/mol. The topological polar surface area (TPSA) is 123 Å². The molecule has 3 aromatic rings. The zero-order valence-corrected chi connectivity index (χ0v) is 18.8. The van der Waals surface area contributed by atoms with Crippen LogP contribution in [0.5, 0.6) is 5.75 Å². The zero-order valence-electron chi connectivity index (χ0n) is 20.8. The number of carbonyl (C=O) groups is 2. The minimum absolute atomic E-state index is 0.00316. The minimum Gasteiger partial charge on any atom is -0.501 e. The molecule has 0 aliphatic heterocycles. The van der Waals surface area contributed by atoms with Gasteiger partial charge in [-0.25, -0.2) is 14.2 Å². The van der Waals surface area contributed by atoms with Gasteiger partial charge in [0.25, 0.3) is 11.5 Å². The molecule has 1 heterocycles. The number of amides is 2. The minimum atomic E-state index is -2.48. The van der Waals surface area contributed by atoms with Gasteiger partial charge < -0.3 is 20.5 Å². The molecule has 0 aliphatic carbocycles. The number of alkyl carbamates (subject to hydrolysis) is 1. The molecule has 3 rings (SSSR count). The fraction of sp³-hybridized carbons (Fsp3) is 0.250. The predicted octanol–water partition coefficient (Wildman–Crippen LogP) is 2.72. The Bertz CT molecular complexity index is 1330. The van der Waals surface area contributed by atoms with Crippen LogP contribution < -0.4 is 16.2 Å². The maximum Gasteiger partial charge on any atom is 0.408 e. The first-order chi connectivity index (χ1) is 16.8. The average Bonchev–Trinajstić information content (AvgIpc) is 2.81. The van der Waals surface area contributed by atoms with Crippen LogP contribution in [-0.4, -0.2) is 26.7 Å². The number of hydrogen-bond donors (Lipinski definition) is 3. The molecule has 0 radical (unpaired) electrons. The summed E-state index contributed by atoms with van der Waals surface area (Å²) < 4.78 is 35.6. The molecule has 9 nitrogen and oxygen atoms in total. The number of nitrogens with one attached hydrogen (secondary N) is 2. The Morgan fingerprint density at radius 2 is 1.79 bits per heavy atom. The van der Waals surface area contributed by atoms with Crippen LogP contribution in [0, 0.1) is 5.82 Å². The lowest BCUT2D eigenvalue weighted by molar-refractivity contribution is 0.0941. The molecule has 34 heavy (non-hydrogen) atoms. The van der Waals surface area contributed by atoms with Crippen molar-refractivity contribution in [3.05, 3.63) is 93.4 Å². The molecule has 178 valence electrons. The van der Waals surface area contributed by atoms with Crippen LogP contribution in [0.1, 0.15) is 44.0 Å². The van der Waals surface area contributed by atoms with E-state index in [-0.39, 0.29) is 18.0 Å². The van der Waals surface area contributed by atoms with Crippen LogP contribution in [0.25, 0.3) is 0 Å². The van der Waals surface area contributed by atoms with E-state index >= 15 is 0 Å². The molecule has 10 heteroatoms. The Hall–Kier alpha value is -4.21. The van der Waals surface area contributed by atoms with Gasteiger partial charge in [0.05, 0.1) is 8.28 Å². The Morgan fingerprint density at radius 1 is 1.15 bits per heavy atom. The van der Waals surface area contributed by atoms with Gasteiger partial charge in [-0.05, 0) is 37.1 Å². The van der Waals surface area contributed by atoms with E-state index < -0.39 is 46.9 Å². The van der Waals surface area contributed by atoms with Gasteiger partial charge in [0.15, 0.2) is 5.69 Å². The second-order valence-electron chi connectivity index (χ2n) is 7.89. The number of aromatic nitrogens is 2. The summed E-state index contributed by atoms with van der Waals surface area (Å²) in [6, 6.07) is 13.3. The fourth-order valence-electron chi connectivity index (χ4n) is 3.10. The van der Waals surface area contributed by atoms with E-state index in [0.29, 0.717) is 0 Å². The van der Waals surface area contributed by atoms with E-state index in [9.17, 15) is 23.9 Å². The molecule has 0 bridgehead atoms. The molecule has 0 aliphatic rings. The molecule has 2 amide bonds. The molecule has 0 atom stereocenters. The van der Waals surface area contributed by atoms with Crippen molar-refractivity contribution in [3.8, 4) is 5.75 Å². The van der Waals surface area contributed by atoms with Crippen LogP contribution >= 0.6 is 0 Å². The summed E-state index contributed by atoms with van der Waals surface area (Å²) in [5, 5.41) is 14.9. The van der Waals surface area contributed by atoms with Gasteiger partial charge in [-0.1, -0.05) is 42.5 Å². The molecule has 0 saturated heterocycles. The lowest BCUT2D eigenvalue weighted by Crippen LogP contribution is -2.46. The number of hydrogen-bond acceptors (Lipinski definition) is 6. The monoisotopic (exact) mass is 470 g/mol. The number of rotatable bonds is 7. The standard InChI is InChI=1S/C24H25FN4O5/c1-24(2,28-23(33)34-14-16-7-5-4-6-8-16)22-27-18(19(30)21(32)29(22)3)20(31)26-13-15-9-11-17(25)12-10-15/h4-12,30H,13-14H2,1-3H3,(H,26,31)(H,28,33)/i13D2. The first kappa shape index (κ1) is 21.6. The highest BCUT2D eigenvalue weighted by atomic mass is 19.1. The average molecular weight is 470 g/mol. The summed E-state index contributed by atoms with van der Waals surface area (Å²) in [5.41, 5.74) is -2.38. The molecule has 2 aromatic carbocycles. The lowest BCUT2D eigenvalue weighted by atomic mass is 10.0. The van der Waals surface area contributed by atoms with Crippen molar-refractivity contribution >= 4 is 12.0 Å². The van der Waals surface area contributed by atoms with Crippen LogP contribution in [0.3, 0.4) is 0 Å². The van der Waals surface area contributed by atoms with Gasteiger partial charge in [-0.15, -0.1) is 0 Å². The highest BCUT2D eigenvalue weighted by Gasteiger charge is 2.31. The third-order valence-electron chi connectivity index (χ3n) is 4.83. The molecule has 0 fully saturated rings. The van der Waals surface area contributed by atoms with E-state index in [1.54, 1.807) is 24.3 Å². The number of halogens is 1. The van der Waals surface area contributed by atoms with Crippen molar-refractivity contribution in [2.75, 3.05) is 0 Å². The highest BCUT2D eigenvalue weighted by molar-refractivity contribution is 5.94. The smallest absolute Gasteiger partial charge is 0.408 e. The normalized spacial score (nSPS) is 12.4. The molecule has 1 aromatic heterocycles. The first-order valence-electron chi connectivity index (χ1n) is 11.2. The van der Waals surface area contributed by atoms with Crippen LogP contribution in [0.4, 0.5) is 9.18 Å². The fourth-order valence-corrected chi connectivity index (χ4v) is 3.10. The Balaban J connectivity index is 1.85. The van der Waals surface area contributed by atoms with E-state index in [4.69, 9.17) is 7.48 Å². The largest absolute Gasteiger partial charge is 0.501 e. The maximum atomic E-state index is 13.2. The second kappa shape index (κ2) is 10.2. The quantitative estimate of drug-likeness (QED) is 0.488. The summed E-state index contributed by atoms with van der Waals surface area (Å²) in [6.07, 6.45) is -0.815. The molecular formula is C24H25FN4O5. The molecule has 0 spiro atoms. The van der Waals surface area contributed by atoms with E-state index in [0.717, 1.165) is 34.4 Å². The molecule has 0 saturated carbocycles.